The van der Waals surface area contributed by atoms with Gasteiger partial charge >= 0.3 is 0 Å². The maximum atomic E-state index is 4.64. The number of anilines is 1. The molecule has 0 saturated carbocycles. The molecule has 2 aromatic rings. The van der Waals surface area contributed by atoms with Gasteiger partial charge in [-0.2, -0.15) is 5.10 Å². The molecule has 0 saturated heterocycles. The van der Waals surface area contributed by atoms with E-state index in [0.717, 1.165) is 33.7 Å². The van der Waals surface area contributed by atoms with Crippen LogP contribution in [0, 0.1) is 5.92 Å². The van der Waals surface area contributed by atoms with E-state index in [-0.39, 0.29) is 6.17 Å². The third-order valence-electron chi connectivity index (χ3n) is 5.13. The molecule has 1 unspecified atom stereocenters. The number of thioether (sulfide) groups is 2. The van der Waals surface area contributed by atoms with Crippen LogP contribution < -0.4 is 10.3 Å². The first kappa shape index (κ1) is 16.9. The molecule has 4 heterocycles. The van der Waals surface area contributed by atoms with E-state index < -0.39 is 0 Å². The number of hydrogen-bond donors (Lipinski definition) is 1. The zero-order valence-electron chi connectivity index (χ0n) is 15.2. The highest BCUT2D eigenvalue weighted by Gasteiger charge is 2.44. The Balaban J connectivity index is 1.71. The van der Waals surface area contributed by atoms with Crippen LogP contribution in [-0.4, -0.2) is 31.4 Å². The summed E-state index contributed by atoms with van der Waals surface area (Å²) in [6.07, 6.45) is 3.68. The summed E-state index contributed by atoms with van der Waals surface area (Å²) in [4.78, 5) is 3.79. The van der Waals surface area contributed by atoms with Crippen molar-refractivity contribution < 1.29 is 0 Å². The molecule has 2 aromatic heterocycles. The van der Waals surface area contributed by atoms with Gasteiger partial charge in [-0.05, 0) is 42.2 Å². The molecule has 1 N–H and O–H groups in total. The average Bonchev–Trinajstić information content (AvgIpc) is 3.30. The van der Waals surface area contributed by atoms with Gasteiger partial charge in [-0.15, -0.1) is 21.5 Å². The lowest BCUT2D eigenvalue weighted by Gasteiger charge is -2.32. The molecule has 26 heavy (non-hydrogen) atoms. The van der Waals surface area contributed by atoms with E-state index in [4.69, 9.17) is 0 Å². The number of nitrogens with one attached hydrogen (secondary N) is 1. The third kappa shape index (κ3) is 2.36. The second-order valence-corrected chi connectivity index (χ2v) is 10.4. The number of aromatic nitrogens is 3. The van der Waals surface area contributed by atoms with Gasteiger partial charge in [0.2, 0.25) is 5.95 Å². The molecule has 5 rings (SSSR count). The summed E-state index contributed by atoms with van der Waals surface area (Å²) in [5.41, 5.74) is 6.33. The van der Waals surface area contributed by atoms with Crippen molar-refractivity contribution in [2.75, 3.05) is 16.4 Å². The van der Waals surface area contributed by atoms with Crippen LogP contribution in [0.15, 0.2) is 10.3 Å². The highest BCUT2D eigenvalue weighted by atomic mass is 32.2. The van der Waals surface area contributed by atoms with E-state index in [2.05, 4.69) is 51.0 Å². The van der Waals surface area contributed by atoms with Crippen molar-refractivity contribution in [2.45, 2.75) is 51.4 Å². The lowest BCUT2D eigenvalue weighted by molar-refractivity contribution is 0.498. The predicted octanol–water partition coefficient (Wildman–Crippen LogP) is 4.01. The van der Waals surface area contributed by atoms with Crippen LogP contribution in [0.25, 0.3) is 5.00 Å². The highest BCUT2D eigenvalue weighted by molar-refractivity contribution is 8.14. The van der Waals surface area contributed by atoms with Crippen LogP contribution >= 0.6 is 34.9 Å². The van der Waals surface area contributed by atoms with E-state index in [1.54, 1.807) is 28.4 Å². The van der Waals surface area contributed by atoms with Crippen LogP contribution in [0.1, 0.15) is 49.4 Å². The quantitative estimate of drug-likeness (QED) is 0.777. The molecule has 9 heteroatoms. The average molecular weight is 407 g/mol. The molecular weight excluding hydrogens is 384 g/mol. The Hall–Kier alpha value is -1.19. The first-order chi connectivity index (χ1) is 12.7. The fourth-order valence-corrected chi connectivity index (χ4v) is 6.95. The minimum absolute atomic E-state index is 0.0589. The van der Waals surface area contributed by atoms with Crippen LogP contribution in [0.5, 0.6) is 0 Å². The molecule has 138 valence electrons. The maximum Gasteiger partial charge on any atom is 0.241 e. The maximum absolute atomic E-state index is 4.64. The fourth-order valence-electron chi connectivity index (χ4n) is 3.99. The largest absolute Gasteiger partial charge is 0.280 e. The van der Waals surface area contributed by atoms with E-state index in [0.29, 0.717) is 0 Å². The van der Waals surface area contributed by atoms with Crippen molar-refractivity contribution in [3.05, 3.63) is 16.0 Å². The Kier molecular flexibility index (Phi) is 4.21. The number of thiophene rings is 1. The molecule has 2 aliphatic heterocycles. The van der Waals surface area contributed by atoms with Crippen molar-refractivity contribution in [2.24, 2.45) is 11.0 Å². The van der Waals surface area contributed by atoms with Crippen LogP contribution in [0.3, 0.4) is 0 Å². The molecule has 0 aromatic carbocycles. The van der Waals surface area contributed by atoms with Crippen molar-refractivity contribution in [1.29, 1.82) is 0 Å². The Bertz CT molecular complexity index is 885. The van der Waals surface area contributed by atoms with Gasteiger partial charge < -0.3 is 0 Å². The minimum Gasteiger partial charge on any atom is -0.280 e. The number of hydrazone groups is 1. The second-order valence-electron chi connectivity index (χ2n) is 6.85. The van der Waals surface area contributed by atoms with Crippen LogP contribution in [0.2, 0.25) is 0 Å². The lowest BCUT2D eigenvalue weighted by Crippen LogP contribution is -2.38. The monoisotopic (exact) mass is 406 g/mol. The van der Waals surface area contributed by atoms with Crippen molar-refractivity contribution in [3.63, 3.8) is 0 Å². The molecule has 6 nitrogen and oxygen atoms in total. The number of fused-ring (bicyclic) bond motifs is 8. The summed E-state index contributed by atoms with van der Waals surface area (Å²) < 4.78 is 2.27. The topological polar surface area (TPSA) is 58.3 Å². The Labute approximate surface area is 165 Å². The molecular formula is C17H22N6S3. The smallest absolute Gasteiger partial charge is 0.241 e. The Morgan fingerprint density at radius 2 is 2.08 bits per heavy atom. The highest BCUT2D eigenvalue weighted by Crippen LogP contribution is 2.49. The summed E-state index contributed by atoms with van der Waals surface area (Å²) in [6, 6.07) is 0. The van der Waals surface area contributed by atoms with Crippen molar-refractivity contribution >= 4 is 46.0 Å². The molecule has 2 atom stereocenters. The van der Waals surface area contributed by atoms with Crippen molar-refractivity contribution in [1.82, 2.24) is 20.2 Å². The summed E-state index contributed by atoms with van der Waals surface area (Å²) in [6.45, 7) is 6.69. The first-order valence-electron chi connectivity index (χ1n) is 9.21. The molecule has 3 aliphatic rings. The molecule has 0 radical (unpaired) electrons. The Morgan fingerprint density at radius 3 is 2.88 bits per heavy atom. The summed E-state index contributed by atoms with van der Waals surface area (Å²) in [5, 5.41) is 17.0. The van der Waals surface area contributed by atoms with Gasteiger partial charge in [0.15, 0.2) is 16.5 Å². The van der Waals surface area contributed by atoms with Gasteiger partial charge in [0.1, 0.15) is 5.00 Å². The number of amidine groups is 1. The Morgan fingerprint density at radius 1 is 1.23 bits per heavy atom. The van der Waals surface area contributed by atoms with Gasteiger partial charge in [0.05, 0.1) is 0 Å². The number of rotatable bonds is 3. The zero-order valence-corrected chi connectivity index (χ0v) is 17.6. The van der Waals surface area contributed by atoms with Gasteiger partial charge in [0, 0.05) is 10.4 Å². The minimum atomic E-state index is 0.0589. The molecule has 0 bridgehead atoms. The van der Waals surface area contributed by atoms with E-state index in [1.807, 2.05) is 11.3 Å². The van der Waals surface area contributed by atoms with Crippen LogP contribution in [0.4, 0.5) is 5.95 Å². The normalized spacial score (nSPS) is 23.0. The van der Waals surface area contributed by atoms with Gasteiger partial charge in [0.25, 0.3) is 0 Å². The van der Waals surface area contributed by atoms with Crippen LogP contribution in [-0.2, 0) is 12.8 Å². The summed E-state index contributed by atoms with van der Waals surface area (Å²) >= 11 is 5.45. The van der Waals surface area contributed by atoms with E-state index in [9.17, 15) is 0 Å². The van der Waals surface area contributed by atoms with Gasteiger partial charge in [-0.25, -0.2) is 4.57 Å². The first-order valence-corrected chi connectivity index (χ1v) is 12.0. The number of nitrogens with zero attached hydrogens (tertiary/aromatic N) is 5. The SMILES string of the molecule is CCSC1=NNC2c3c(sc4c3CC[C@@H](C)C4)-n3c(SCC)nnc3N12. The van der Waals surface area contributed by atoms with Gasteiger partial charge in [-0.1, -0.05) is 44.3 Å². The number of hydrogen-bond acceptors (Lipinski definition) is 8. The molecule has 0 spiro atoms. The standard InChI is InChI=1S/C17H22N6S3/c1-4-24-16-20-18-13-12-10-7-6-9(3)8-11(10)26-14(12)23-15(22(13)16)19-21-17(23)25-5-2/h9,13,18H,4-8H2,1-3H3/t9-,13?/m1/s1. The molecule has 1 aliphatic carbocycles. The van der Waals surface area contributed by atoms with Crippen molar-refractivity contribution in [3.8, 4) is 5.00 Å². The molecule has 0 amide bonds. The van der Waals surface area contributed by atoms with E-state index in [1.165, 1.54) is 35.4 Å². The van der Waals surface area contributed by atoms with E-state index >= 15 is 0 Å². The predicted molar refractivity (Wildman–Crippen MR) is 111 cm³/mol. The zero-order chi connectivity index (χ0) is 17.8. The summed E-state index contributed by atoms with van der Waals surface area (Å²) in [7, 11) is 0. The second kappa shape index (κ2) is 6.45. The fraction of sp³-hybridized carbons (Fsp3) is 0.588. The third-order valence-corrected chi connectivity index (χ3v) is 8.04. The summed E-state index contributed by atoms with van der Waals surface area (Å²) in [5.74, 6) is 3.64. The van der Waals surface area contributed by atoms with Gasteiger partial charge in [-0.3, -0.25) is 10.3 Å². The lowest BCUT2D eigenvalue weighted by atomic mass is 9.87. The molecule has 0 fully saturated rings.